The monoisotopic (exact) mass is 395 g/mol. The van der Waals surface area contributed by atoms with Crippen LogP contribution in [0.5, 0.6) is 11.5 Å². The van der Waals surface area contributed by atoms with Crippen LogP contribution in [0.1, 0.15) is 29.7 Å². The number of aliphatic hydroxyl groups is 1. The molecule has 29 heavy (non-hydrogen) atoms. The second-order valence-corrected chi connectivity index (χ2v) is 7.07. The molecule has 1 heterocycles. The molecule has 0 saturated carbocycles. The third kappa shape index (κ3) is 3.97. The van der Waals surface area contributed by atoms with Crippen LogP contribution in [0.3, 0.4) is 0 Å². The topological polar surface area (TPSA) is 76.1 Å². The number of hydrogen-bond acceptors (Lipinski definition) is 5. The lowest BCUT2D eigenvalue weighted by Crippen LogP contribution is -2.32. The van der Waals surface area contributed by atoms with Crippen LogP contribution in [-0.2, 0) is 16.0 Å². The van der Waals surface area contributed by atoms with E-state index in [9.17, 15) is 14.7 Å². The van der Waals surface area contributed by atoms with Crippen molar-refractivity contribution in [3.05, 3.63) is 70.5 Å². The number of carbonyl (C=O) groups excluding carboxylic acids is 2. The minimum Gasteiger partial charge on any atom is -0.503 e. The summed E-state index contributed by atoms with van der Waals surface area (Å²) in [4.78, 5) is 26.5. The van der Waals surface area contributed by atoms with E-state index in [4.69, 9.17) is 9.47 Å². The predicted molar refractivity (Wildman–Crippen MR) is 109 cm³/mol. The zero-order valence-electron chi connectivity index (χ0n) is 17.1. The van der Waals surface area contributed by atoms with Gasteiger partial charge < -0.3 is 19.5 Å². The minimum absolute atomic E-state index is 0.145. The number of rotatable bonds is 7. The molecule has 0 unspecified atom stereocenters. The SMILES string of the molecule is COc1ccc(CCN2C(=O)C(O)=C(C(C)=O)[C@H]2c2ccc(C)cc2)cc1OC. The molecule has 1 aliphatic rings. The average molecular weight is 395 g/mol. The highest BCUT2D eigenvalue weighted by molar-refractivity contribution is 6.08. The second-order valence-electron chi connectivity index (χ2n) is 7.07. The number of ketones is 1. The van der Waals surface area contributed by atoms with E-state index in [-0.39, 0.29) is 11.4 Å². The van der Waals surface area contributed by atoms with Gasteiger partial charge in [0.2, 0.25) is 0 Å². The molecule has 0 saturated heterocycles. The van der Waals surface area contributed by atoms with Crippen LogP contribution < -0.4 is 9.47 Å². The van der Waals surface area contributed by atoms with E-state index in [0.717, 1.165) is 16.7 Å². The van der Waals surface area contributed by atoms with Gasteiger partial charge in [0.15, 0.2) is 23.0 Å². The zero-order valence-corrected chi connectivity index (χ0v) is 17.1. The molecule has 1 amide bonds. The Hall–Kier alpha value is -3.28. The number of aliphatic hydroxyl groups excluding tert-OH is 1. The first-order valence-electron chi connectivity index (χ1n) is 9.39. The molecule has 0 fully saturated rings. The van der Waals surface area contributed by atoms with Crippen LogP contribution in [0.15, 0.2) is 53.8 Å². The van der Waals surface area contributed by atoms with E-state index >= 15 is 0 Å². The summed E-state index contributed by atoms with van der Waals surface area (Å²) in [6.07, 6.45) is 0.535. The number of nitrogens with zero attached hydrogens (tertiary/aromatic N) is 1. The highest BCUT2D eigenvalue weighted by Gasteiger charge is 2.41. The summed E-state index contributed by atoms with van der Waals surface area (Å²) in [7, 11) is 3.14. The van der Waals surface area contributed by atoms with Crippen LogP contribution in [0.4, 0.5) is 0 Å². The summed E-state index contributed by atoms with van der Waals surface area (Å²) in [5.74, 6) is -0.0610. The Kier molecular flexibility index (Phi) is 5.92. The molecule has 1 aliphatic heterocycles. The molecule has 152 valence electrons. The van der Waals surface area contributed by atoms with Crippen LogP contribution in [0.2, 0.25) is 0 Å². The quantitative estimate of drug-likeness (QED) is 0.776. The summed E-state index contributed by atoms with van der Waals surface area (Å²) >= 11 is 0. The van der Waals surface area contributed by atoms with E-state index in [1.807, 2.05) is 49.4 Å². The average Bonchev–Trinajstić information content (AvgIpc) is 2.97. The number of hydrogen-bond donors (Lipinski definition) is 1. The Morgan fingerprint density at radius 3 is 2.31 bits per heavy atom. The number of amides is 1. The third-order valence-corrected chi connectivity index (χ3v) is 5.17. The molecular formula is C23H25NO5. The fraction of sp³-hybridized carbons (Fsp3) is 0.304. The molecule has 2 aromatic carbocycles. The van der Waals surface area contributed by atoms with Gasteiger partial charge in [-0.05, 0) is 43.5 Å². The lowest BCUT2D eigenvalue weighted by Gasteiger charge is -2.27. The predicted octanol–water partition coefficient (Wildman–Crippen LogP) is 3.54. The van der Waals surface area contributed by atoms with Crippen molar-refractivity contribution in [2.45, 2.75) is 26.3 Å². The summed E-state index contributed by atoms with van der Waals surface area (Å²) in [6, 6.07) is 12.6. The van der Waals surface area contributed by atoms with Crippen molar-refractivity contribution in [3.63, 3.8) is 0 Å². The number of benzene rings is 2. The molecule has 1 N–H and O–H groups in total. The molecule has 0 spiro atoms. The second kappa shape index (κ2) is 8.39. The van der Waals surface area contributed by atoms with Crippen LogP contribution in [0.25, 0.3) is 0 Å². The lowest BCUT2D eigenvalue weighted by molar-refractivity contribution is -0.129. The van der Waals surface area contributed by atoms with Crippen LogP contribution in [-0.4, -0.2) is 42.5 Å². The Balaban J connectivity index is 1.89. The van der Waals surface area contributed by atoms with Gasteiger partial charge in [-0.25, -0.2) is 0 Å². The van der Waals surface area contributed by atoms with Gasteiger partial charge in [0.05, 0.1) is 25.8 Å². The maximum absolute atomic E-state index is 12.7. The standard InChI is InChI=1S/C23H25NO5/c1-14-5-8-17(9-6-14)21-20(15(2)25)22(26)23(27)24(21)12-11-16-7-10-18(28-3)19(13-16)29-4/h5-10,13,21,26H,11-12H2,1-4H3/t21-/m1/s1. The normalized spacial score (nSPS) is 16.3. The maximum atomic E-state index is 12.7. The van der Waals surface area contributed by atoms with Gasteiger partial charge in [0.25, 0.3) is 5.91 Å². The number of carbonyl (C=O) groups is 2. The van der Waals surface area contributed by atoms with Crippen molar-refractivity contribution in [2.24, 2.45) is 0 Å². The lowest BCUT2D eigenvalue weighted by atomic mass is 9.96. The van der Waals surface area contributed by atoms with Crippen molar-refractivity contribution in [1.29, 1.82) is 0 Å². The van der Waals surface area contributed by atoms with Gasteiger partial charge in [-0.3, -0.25) is 9.59 Å². The molecule has 0 aliphatic carbocycles. The molecule has 0 aromatic heterocycles. The fourth-order valence-corrected chi connectivity index (χ4v) is 3.62. The first-order valence-corrected chi connectivity index (χ1v) is 9.39. The van der Waals surface area contributed by atoms with E-state index in [1.165, 1.54) is 6.92 Å². The van der Waals surface area contributed by atoms with Crippen molar-refractivity contribution < 1.29 is 24.2 Å². The summed E-state index contributed by atoms with van der Waals surface area (Å²) < 4.78 is 10.6. The molecular weight excluding hydrogens is 370 g/mol. The Labute approximate surface area is 170 Å². The van der Waals surface area contributed by atoms with Gasteiger partial charge >= 0.3 is 0 Å². The number of methoxy groups -OCH3 is 2. The Morgan fingerprint density at radius 2 is 1.72 bits per heavy atom. The van der Waals surface area contributed by atoms with Gasteiger partial charge in [0, 0.05) is 6.54 Å². The van der Waals surface area contributed by atoms with Gasteiger partial charge in [-0.15, -0.1) is 0 Å². The number of Topliss-reactive ketones (excluding diaryl/α,β-unsaturated/α-hetero) is 1. The summed E-state index contributed by atoms with van der Waals surface area (Å²) in [5.41, 5.74) is 2.97. The smallest absolute Gasteiger partial charge is 0.290 e. The van der Waals surface area contributed by atoms with Crippen LogP contribution >= 0.6 is 0 Å². The molecule has 2 aromatic rings. The third-order valence-electron chi connectivity index (χ3n) is 5.17. The molecule has 1 atom stereocenters. The first-order chi connectivity index (χ1) is 13.9. The van der Waals surface area contributed by atoms with Crippen molar-refractivity contribution in [1.82, 2.24) is 4.90 Å². The van der Waals surface area contributed by atoms with Crippen molar-refractivity contribution in [2.75, 3.05) is 20.8 Å². The number of ether oxygens (including phenoxy) is 2. The zero-order chi connectivity index (χ0) is 21.1. The molecule has 6 heteroatoms. The van der Waals surface area contributed by atoms with E-state index in [2.05, 4.69) is 0 Å². The maximum Gasteiger partial charge on any atom is 0.290 e. The highest BCUT2D eigenvalue weighted by Crippen LogP contribution is 2.38. The minimum atomic E-state index is -0.597. The first kappa shape index (κ1) is 20.5. The van der Waals surface area contributed by atoms with Crippen molar-refractivity contribution >= 4 is 11.7 Å². The fourth-order valence-electron chi connectivity index (χ4n) is 3.62. The van der Waals surface area contributed by atoms with Gasteiger partial charge in [-0.1, -0.05) is 35.9 Å². The van der Waals surface area contributed by atoms with E-state index in [1.54, 1.807) is 19.1 Å². The molecule has 3 rings (SSSR count). The molecule has 6 nitrogen and oxygen atoms in total. The summed E-state index contributed by atoms with van der Waals surface area (Å²) in [6.45, 7) is 3.68. The van der Waals surface area contributed by atoms with Gasteiger partial charge in [-0.2, -0.15) is 0 Å². The molecule has 0 radical (unpaired) electrons. The Bertz CT molecular complexity index is 962. The highest BCUT2D eigenvalue weighted by atomic mass is 16.5. The van der Waals surface area contributed by atoms with Crippen molar-refractivity contribution in [3.8, 4) is 11.5 Å². The van der Waals surface area contributed by atoms with E-state index in [0.29, 0.717) is 24.5 Å². The molecule has 0 bridgehead atoms. The van der Waals surface area contributed by atoms with E-state index < -0.39 is 17.7 Å². The largest absolute Gasteiger partial charge is 0.503 e. The Morgan fingerprint density at radius 1 is 1.07 bits per heavy atom. The number of aryl methyl sites for hydroxylation is 1. The van der Waals surface area contributed by atoms with Crippen LogP contribution in [0, 0.1) is 6.92 Å². The van der Waals surface area contributed by atoms with Gasteiger partial charge in [0.1, 0.15) is 0 Å². The summed E-state index contributed by atoms with van der Waals surface area (Å²) in [5, 5.41) is 10.4.